The van der Waals surface area contributed by atoms with Crippen LogP contribution in [0.5, 0.6) is 0 Å². The maximum Gasteiger partial charge on any atom is 0.251 e. The molecule has 0 fully saturated rings. The van der Waals surface area contributed by atoms with E-state index in [0.29, 0.717) is 18.7 Å². The van der Waals surface area contributed by atoms with Gasteiger partial charge >= 0.3 is 0 Å². The van der Waals surface area contributed by atoms with Gasteiger partial charge < -0.3 is 10.1 Å². The number of hydrogen-bond acceptors (Lipinski definition) is 3. The number of amides is 1. The maximum absolute atomic E-state index is 11.5. The Balaban J connectivity index is 2.37. The van der Waals surface area contributed by atoms with E-state index >= 15 is 0 Å². The first-order valence-corrected chi connectivity index (χ1v) is 5.25. The molecule has 0 saturated heterocycles. The first-order chi connectivity index (χ1) is 7.24. The molecule has 0 radical (unpaired) electrons. The number of nitrogens with one attached hydrogen (secondary N) is 1. The Morgan fingerprint density at radius 2 is 2.07 bits per heavy atom. The predicted molar refractivity (Wildman–Crippen MR) is 62.5 cm³/mol. The van der Waals surface area contributed by atoms with Gasteiger partial charge in [-0.15, -0.1) is 12.6 Å². The fraction of sp³-hybridized carbons (Fsp3) is 0.364. The third-order valence-corrected chi connectivity index (χ3v) is 2.24. The van der Waals surface area contributed by atoms with Gasteiger partial charge in [-0.2, -0.15) is 0 Å². The van der Waals surface area contributed by atoms with E-state index in [1.165, 1.54) is 0 Å². The topological polar surface area (TPSA) is 38.3 Å². The Morgan fingerprint density at radius 3 is 2.67 bits per heavy atom. The number of carbonyl (C=O) groups excluding carboxylic acids is 1. The summed E-state index contributed by atoms with van der Waals surface area (Å²) in [5.74, 6) is -0.0561. The van der Waals surface area contributed by atoms with Gasteiger partial charge in [0, 0.05) is 30.7 Å². The largest absolute Gasteiger partial charge is 0.385 e. The van der Waals surface area contributed by atoms with E-state index in [9.17, 15) is 4.79 Å². The van der Waals surface area contributed by atoms with Gasteiger partial charge in [0.15, 0.2) is 0 Å². The summed E-state index contributed by atoms with van der Waals surface area (Å²) in [6, 6.07) is 7.11. The zero-order valence-corrected chi connectivity index (χ0v) is 9.59. The molecule has 0 atom stereocenters. The summed E-state index contributed by atoms with van der Waals surface area (Å²) >= 11 is 4.15. The van der Waals surface area contributed by atoms with Gasteiger partial charge in [-0.3, -0.25) is 4.79 Å². The highest BCUT2D eigenvalue weighted by Crippen LogP contribution is 2.07. The van der Waals surface area contributed by atoms with Gasteiger partial charge in [-0.1, -0.05) is 0 Å². The number of rotatable bonds is 5. The van der Waals surface area contributed by atoms with Gasteiger partial charge in [-0.25, -0.2) is 0 Å². The summed E-state index contributed by atoms with van der Waals surface area (Å²) in [7, 11) is 1.65. The number of carbonyl (C=O) groups is 1. The molecule has 3 nitrogen and oxygen atoms in total. The van der Waals surface area contributed by atoms with Crippen LogP contribution in [0.2, 0.25) is 0 Å². The highest BCUT2D eigenvalue weighted by Gasteiger charge is 2.03. The van der Waals surface area contributed by atoms with Crippen LogP contribution in [0.15, 0.2) is 29.2 Å². The number of hydrogen-bond donors (Lipinski definition) is 2. The number of methoxy groups -OCH3 is 1. The van der Waals surface area contributed by atoms with Crippen LogP contribution in [0.3, 0.4) is 0 Å². The molecule has 1 N–H and O–H groups in total. The van der Waals surface area contributed by atoms with E-state index in [4.69, 9.17) is 4.74 Å². The fourth-order valence-corrected chi connectivity index (χ4v) is 1.28. The molecule has 15 heavy (non-hydrogen) atoms. The lowest BCUT2D eigenvalue weighted by molar-refractivity contribution is 0.0948. The van der Waals surface area contributed by atoms with E-state index in [0.717, 1.165) is 11.3 Å². The molecule has 0 aliphatic heterocycles. The van der Waals surface area contributed by atoms with E-state index in [1.807, 2.05) is 0 Å². The van der Waals surface area contributed by atoms with Crippen molar-refractivity contribution in [1.82, 2.24) is 5.32 Å². The normalized spacial score (nSPS) is 10.0. The van der Waals surface area contributed by atoms with Crippen molar-refractivity contribution >= 4 is 18.5 Å². The van der Waals surface area contributed by atoms with Crippen molar-refractivity contribution in [2.24, 2.45) is 0 Å². The van der Waals surface area contributed by atoms with Crippen LogP contribution < -0.4 is 5.32 Å². The minimum atomic E-state index is -0.0561. The zero-order valence-electron chi connectivity index (χ0n) is 8.69. The van der Waals surface area contributed by atoms with Gasteiger partial charge in [0.1, 0.15) is 0 Å². The quantitative estimate of drug-likeness (QED) is 0.592. The van der Waals surface area contributed by atoms with Crippen LogP contribution in [0, 0.1) is 0 Å². The third kappa shape index (κ3) is 4.36. The molecule has 0 unspecified atom stereocenters. The average Bonchev–Trinajstić information content (AvgIpc) is 2.25. The lowest BCUT2D eigenvalue weighted by atomic mass is 10.2. The summed E-state index contributed by atoms with van der Waals surface area (Å²) in [6.07, 6.45) is 0.826. The molecule has 0 saturated carbocycles. The van der Waals surface area contributed by atoms with E-state index in [2.05, 4.69) is 17.9 Å². The minimum absolute atomic E-state index is 0.0561. The van der Waals surface area contributed by atoms with Crippen molar-refractivity contribution in [3.63, 3.8) is 0 Å². The Bertz CT molecular complexity index is 311. The lowest BCUT2D eigenvalue weighted by Gasteiger charge is -2.04. The minimum Gasteiger partial charge on any atom is -0.385 e. The number of ether oxygens (including phenoxy) is 1. The Labute approximate surface area is 95.2 Å². The van der Waals surface area contributed by atoms with Gasteiger partial charge in [0.25, 0.3) is 5.91 Å². The summed E-state index contributed by atoms with van der Waals surface area (Å²) in [5, 5.41) is 2.81. The Morgan fingerprint density at radius 1 is 1.40 bits per heavy atom. The van der Waals surface area contributed by atoms with Crippen molar-refractivity contribution in [3.05, 3.63) is 29.8 Å². The van der Waals surface area contributed by atoms with Crippen LogP contribution in [-0.4, -0.2) is 26.2 Å². The van der Waals surface area contributed by atoms with Crippen LogP contribution in [0.25, 0.3) is 0 Å². The zero-order chi connectivity index (χ0) is 11.1. The second-order valence-electron chi connectivity index (χ2n) is 3.15. The molecule has 0 bridgehead atoms. The van der Waals surface area contributed by atoms with Crippen molar-refractivity contribution in [2.45, 2.75) is 11.3 Å². The predicted octanol–water partition coefficient (Wildman–Crippen LogP) is 1.74. The van der Waals surface area contributed by atoms with Gasteiger partial charge in [0.05, 0.1) is 0 Å². The van der Waals surface area contributed by atoms with Crippen molar-refractivity contribution in [1.29, 1.82) is 0 Å². The van der Waals surface area contributed by atoms with Crippen LogP contribution >= 0.6 is 12.6 Å². The average molecular weight is 225 g/mol. The molecule has 1 amide bonds. The fourth-order valence-electron chi connectivity index (χ4n) is 1.13. The second-order valence-corrected chi connectivity index (χ2v) is 3.67. The summed E-state index contributed by atoms with van der Waals surface area (Å²) < 4.78 is 4.88. The molecule has 0 aromatic heterocycles. The van der Waals surface area contributed by atoms with Crippen molar-refractivity contribution in [3.8, 4) is 0 Å². The molecule has 0 aliphatic carbocycles. The molecular weight excluding hydrogens is 210 g/mol. The summed E-state index contributed by atoms with van der Waals surface area (Å²) in [6.45, 7) is 1.30. The molecule has 1 aromatic rings. The van der Waals surface area contributed by atoms with E-state index in [-0.39, 0.29) is 5.91 Å². The monoisotopic (exact) mass is 225 g/mol. The molecule has 0 aliphatic rings. The van der Waals surface area contributed by atoms with Crippen LogP contribution in [0.4, 0.5) is 0 Å². The van der Waals surface area contributed by atoms with Gasteiger partial charge in [0.2, 0.25) is 0 Å². The van der Waals surface area contributed by atoms with Crippen molar-refractivity contribution in [2.75, 3.05) is 20.3 Å². The SMILES string of the molecule is COCCCNC(=O)c1ccc(S)cc1. The summed E-state index contributed by atoms with van der Waals surface area (Å²) in [5.41, 5.74) is 0.658. The van der Waals surface area contributed by atoms with E-state index < -0.39 is 0 Å². The van der Waals surface area contributed by atoms with Crippen molar-refractivity contribution < 1.29 is 9.53 Å². The molecule has 0 spiro atoms. The molecule has 1 rings (SSSR count). The number of thiol groups is 1. The van der Waals surface area contributed by atoms with E-state index in [1.54, 1.807) is 31.4 Å². The standard InChI is InChI=1S/C11H15NO2S/c1-14-8-2-7-12-11(13)9-3-5-10(15)6-4-9/h3-6,15H,2,7-8H2,1H3,(H,12,13). The molecular formula is C11H15NO2S. The Hall–Kier alpha value is -1.00. The first kappa shape index (κ1) is 12.1. The molecule has 82 valence electrons. The maximum atomic E-state index is 11.5. The van der Waals surface area contributed by atoms with Crippen LogP contribution in [0.1, 0.15) is 16.8 Å². The molecule has 0 heterocycles. The highest BCUT2D eigenvalue weighted by atomic mass is 32.1. The number of benzene rings is 1. The highest BCUT2D eigenvalue weighted by molar-refractivity contribution is 7.80. The smallest absolute Gasteiger partial charge is 0.251 e. The molecule has 4 heteroatoms. The lowest BCUT2D eigenvalue weighted by Crippen LogP contribution is -2.25. The first-order valence-electron chi connectivity index (χ1n) is 4.80. The van der Waals surface area contributed by atoms with Gasteiger partial charge in [-0.05, 0) is 30.7 Å². The Kier molecular flexibility index (Phi) is 5.21. The van der Waals surface area contributed by atoms with Crippen LogP contribution in [-0.2, 0) is 4.74 Å². The molecule has 1 aromatic carbocycles. The third-order valence-electron chi connectivity index (χ3n) is 1.94. The summed E-state index contributed by atoms with van der Waals surface area (Å²) in [4.78, 5) is 12.4. The second kappa shape index (κ2) is 6.48.